The highest BCUT2D eigenvalue weighted by atomic mass is 16.5. The van der Waals surface area contributed by atoms with Crippen LogP contribution in [0.4, 0.5) is 0 Å². The molecule has 0 atom stereocenters. The number of carbonyl (C=O) groups excluding carboxylic acids is 1. The molecule has 2 rings (SSSR count). The zero-order valence-electron chi connectivity index (χ0n) is 17.2. The first kappa shape index (κ1) is 21.9. The Balaban J connectivity index is 2.01. The fourth-order valence-corrected chi connectivity index (χ4v) is 2.98. The number of amides is 1. The van der Waals surface area contributed by atoms with Crippen LogP contribution in [0.3, 0.4) is 0 Å². The fourth-order valence-electron chi connectivity index (χ4n) is 2.98. The molecule has 0 aliphatic carbocycles. The van der Waals surface area contributed by atoms with Crippen molar-refractivity contribution < 1.29 is 14.3 Å². The molecular formula is C23H32N2O3. The summed E-state index contributed by atoms with van der Waals surface area (Å²) in [4.78, 5) is 15.1. The Bertz CT molecular complexity index is 729. The summed E-state index contributed by atoms with van der Waals surface area (Å²) in [6.07, 6.45) is 0. The third-order valence-electron chi connectivity index (χ3n) is 4.67. The van der Waals surface area contributed by atoms with Crippen molar-refractivity contribution in [3.63, 3.8) is 0 Å². The Morgan fingerprint density at radius 1 is 0.929 bits per heavy atom. The van der Waals surface area contributed by atoms with Gasteiger partial charge in [0.2, 0.25) is 0 Å². The first-order valence-corrected chi connectivity index (χ1v) is 10.1. The fraction of sp³-hybridized carbons (Fsp3) is 0.435. The second-order valence-electron chi connectivity index (χ2n) is 6.45. The number of para-hydroxylation sites is 1. The largest absolute Gasteiger partial charge is 0.490 e. The average Bonchev–Trinajstić information content (AvgIpc) is 2.74. The van der Waals surface area contributed by atoms with E-state index in [1.807, 2.05) is 37.3 Å². The van der Waals surface area contributed by atoms with E-state index in [0.29, 0.717) is 37.7 Å². The molecule has 0 unspecified atom stereocenters. The van der Waals surface area contributed by atoms with Gasteiger partial charge in [-0.1, -0.05) is 50.2 Å². The second kappa shape index (κ2) is 12.2. The van der Waals surface area contributed by atoms with Crippen LogP contribution in [0, 0.1) is 0 Å². The van der Waals surface area contributed by atoms with E-state index in [4.69, 9.17) is 9.47 Å². The monoisotopic (exact) mass is 384 g/mol. The average molecular weight is 385 g/mol. The minimum atomic E-state index is -0.135. The van der Waals surface area contributed by atoms with Gasteiger partial charge in [-0.3, -0.25) is 9.69 Å². The van der Waals surface area contributed by atoms with Crippen LogP contribution in [0.1, 0.15) is 42.3 Å². The maximum Gasteiger partial charge on any atom is 0.255 e. The molecule has 0 heterocycles. The molecular weight excluding hydrogens is 352 g/mol. The summed E-state index contributed by atoms with van der Waals surface area (Å²) in [5.41, 5.74) is 2.92. The Labute approximate surface area is 168 Å². The molecule has 0 spiro atoms. The van der Waals surface area contributed by atoms with Crippen LogP contribution in [-0.2, 0) is 17.8 Å². The zero-order chi connectivity index (χ0) is 20.2. The summed E-state index contributed by atoms with van der Waals surface area (Å²) in [6, 6.07) is 15.6. The number of hydrogen-bond acceptors (Lipinski definition) is 4. The first-order chi connectivity index (χ1) is 13.7. The van der Waals surface area contributed by atoms with Crippen molar-refractivity contribution in [2.75, 3.05) is 32.9 Å². The van der Waals surface area contributed by atoms with Crippen LogP contribution >= 0.6 is 0 Å². The van der Waals surface area contributed by atoms with Gasteiger partial charge in [0.1, 0.15) is 12.4 Å². The van der Waals surface area contributed by atoms with Gasteiger partial charge in [-0.15, -0.1) is 0 Å². The maximum absolute atomic E-state index is 12.7. The summed E-state index contributed by atoms with van der Waals surface area (Å²) in [6.45, 7) is 11.2. The summed E-state index contributed by atoms with van der Waals surface area (Å²) in [5.74, 6) is 0.445. The van der Waals surface area contributed by atoms with E-state index in [9.17, 15) is 4.79 Å². The van der Waals surface area contributed by atoms with Crippen LogP contribution in [0.2, 0.25) is 0 Å². The number of nitrogens with zero attached hydrogens (tertiary/aromatic N) is 1. The van der Waals surface area contributed by atoms with E-state index in [2.05, 4.69) is 36.2 Å². The summed E-state index contributed by atoms with van der Waals surface area (Å²) in [7, 11) is 0. The van der Waals surface area contributed by atoms with Gasteiger partial charge in [0.05, 0.1) is 12.2 Å². The predicted octanol–water partition coefficient (Wildman–Crippen LogP) is 3.87. The van der Waals surface area contributed by atoms with E-state index >= 15 is 0 Å². The number of benzene rings is 2. The lowest BCUT2D eigenvalue weighted by Crippen LogP contribution is -2.26. The Kier molecular flexibility index (Phi) is 9.52. The normalized spacial score (nSPS) is 10.9. The Hall–Kier alpha value is -2.37. The molecule has 0 fully saturated rings. The minimum absolute atomic E-state index is 0.135. The van der Waals surface area contributed by atoms with Crippen molar-refractivity contribution >= 4 is 5.91 Å². The molecule has 2 aromatic rings. The van der Waals surface area contributed by atoms with E-state index in [0.717, 1.165) is 25.2 Å². The smallest absolute Gasteiger partial charge is 0.255 e. The van der Waals surface area contributed by atoms with E-state index < -0.39 is 0 Å². The van der Waals surface area contributed by atoms with Gasteiger partial charge in [0, 0.05) is 19.7 Å². The van der Waals surface area contributed by atoms with E-state index in [-0.39, 0.29) is 5.91 Å². The third-order valence-corrected chi connectivity index (χ3v) is 4.67. The molecule has 5 heteroatoms. The van der Waals surface area contributed by atoms with Gasteiger partial charge in [-0.25, -0.2) is 0 Å². The molecule has 0 aliphatic heterocycles. The molecule has 2 aromatic carbocycles. The van der Waals surface area contributed by atoms with E-state index in [1.165, 1.54) is 5.56 Å². The number of carbonyl (C=O) groups is 1. The van der Waals surface area contributed by atoms with Crippen molar-refractivity contribution in [2.24, 2.45) is 0 Å². The van der Waals surface area contributed by atoms with Crippen LogP contribution in [-0.4, -0.2) is 43.7 Å². The zero-order valence-corrected chi connectivity index (χ0v) is 17.2. The standard InChI is InChI=1S/C23H32N2O3/c1-4-25(5-2)18-20-12-8-7-11-19(20)17-24-23(26)21-13-9-10-14-22(21)28-16-15-27-6-3/h7-14H,4-6,15-18H2,1-3H3,(H,24,26). The van der Waals surface area contributed by atoms with Crippen molar-refractivity contribution in [1.82, 2.24) is 10.2 Å². The first-order valence-electron chi connectivity index (χ1n) is 10.1. The molecule has 0 radical (unpaired) electrons. The van der Waals surface area contributed by atoms with Crippen molar-refractivity contribution in [2.45, 2.75) is 33.9 Å². The quantitative estimate of drug-likeness (QED) is 0.565. The molecule has 0 saturated carbocycles. The van der Waals surface area contributed by atoms with Gasteiger partial charge in [-0.05, 0) is 43.3 Å². The highest BCUT2D eigenvalue weighted by Crippen LogP contribution is 2.18. The SMILES string of the molecule is CCOCCOc1ccccc1C(=O)NCc1ccccc1CN(CC)CC. The van der Waals surface area contributed by atoms with Gasteiger partial charge in [0.25, 0.3) is 5.91 Å². The number of rotatable bonds is 12. The number of nitrogens with one attached hydrogen (secondary N) is 1. The molecule has 152 valence electrons. The predicted molar refractivity (Wildman–Crippen MR) is 113 cm³/mol. The summed E-state index contributed by atoms with van der Waals surface area (Å²) in [5, 5.41) is 3.04. The summed E-state index contributed by atoms with van der Waals surface area (Å²) < 4.78 is 11.0. The lowest BCUT2D eigenvalue weighted by Gasteiger charge is -2.20. The topological polar surface area (TPSA) is 50.8 Å². The Morgan fingerprint density at radius 3 is 2.32 bits per heavy atom. The van der Waals surface area contributed by atoms with Crippen LogP contribution in [0.15, 0.2) is 48.5 Å². The number of hydrogen-bond donors (Lipinski definition) is 1. The van der Waals surface area contributed by atoms with Crippen molar-refractivity contribution in [3.8, 4) is 5.75 Å². The van der Waals surface area contributed by atoms with Crippen LogP contribution < -0.4 is 10.1 Å². The van der Waals surface area contributed by atoms with E-state index in [1.54, 1.807) is 6.07 Å². The molecule has 0 bridgehead atoms. The second-order valence-corrected chi connectivity index (χ2v) is 6.45. The number of ether oxygens (including phenoxy) is 2. The van der Waals surface area contributed by atoms with Crippen molar-refractivity contribution in [1.29, 1.82) is 0 Å². The van der Waals surface area contributed by atoms with Gasteiger partial charge in [0.15, 0.2) is 0 Å². The Morgan fingerprint density at radius 2 is 1.61 bits per heavy atom. The lowest BCUT2D eigenvalue weighted by atomic mass is 10.1. The van der Waals surface area contributed by atoms with Gasteiger partial charge in [-0.2, -0.15) is 0 Å². The highest BCUT2D eigenvalue weighted by Gasteiger charge is 2.13. The molecule has 0 aromatic heterocycles. The van der Waals surface area contributed by atoms with Crippen LogP contribution in [0.25, 0.3) is 0 Å². The molecule has 1 N–H and O–H groups in total. The molecule has 28 heavy (non-hydrogen) atoms. The third kappa shape index (κ3) is 6.66. The van der Waals surface area contributed by atoms with Gasteiger partial charge >= 0.3 is 0 Å². The van der Waals surface area contributed by atoms with Gasteiger partial charge < -0.3 is 14.8 Å². The molecule has 0 aliphatic rings. The highest BCUT2D eigenvalue weighted by molar-refractivity contribution is 5.96. The lowest BCUT2D eigenvalue weighted by molar-refractivity contribution is 0.0934. The summed E-state index contributed by atoms with van der Waals surface area (Å²) >= 11 is 0. The molecule has 1 amide bonds. The van der Waals surface area contributed by atoms with Crippen LogP contribution in [0.5, 0.6) is 5.75 Å². The molecule has 5 nitrogen and oxygen atoms in total. The maximum atomic E-state index is 12.7. The minimum Gasteiger partial charge on any atom is -0.490 e. The van der Waals surface area contributed by atoms with Crippen molar-refractivity contribution in [3.05, 3.63) is 65.2 Å². The molecule has 0 saturated heterocycles.